The second-order valence-corrected chi connectivity index (χ2v) is 5.06. The molecular formula is C19H23NO. The van der Waals surface area contributed by atoms with Gasteiger partial charge in [-0.25, -0.2) is 0 Å². The molecule has 2 rings (SSSR count). The van der Waals surface area contributed by atoms with Gasteiger partial charge >= 0.3 is 0 Å². The Morgan fingerprint density at radius 2 is 1.90 bits per heavy atom. The van der Waals surface area contributed by atoms with Gasteiger partial charge in [0, 0.05) is 12.2 Å². The van der Waals surface area contributed by atoms with E-state index in [4.69, 9.17) is 4.74 Å². The number of benzene rings is 2. The largest absolute Gasteiger partial charge is 0.490 e. The molecule has 0 saturated heterocycles. The molecule has 0 saturated carbocycles. The van der Waals surface area contributed by atoms with Gasteiger partial charge in [-0.15, -0.1) is 0 Å². The van der Waals surface area contributed by atoms with E-state index in [1.165, 1.54) is 22.4 Å². The Kier molecular flexibility index (Phi) is 5.44. The molecule has 0 bridgehead atoms. The summed E-state index contributed by atoms with van der Waals surface area (Å²) in [5, 5.41) is 3.55. The Balaban J connectivity index is 2.01. The average Bonchev–Trinajstić information content (AvgIpc) is 2.52. The fraction of sp³-hybridized carbons (Fsp3) is 0.263. The van der Waals surface area contributed by atoms with Crippen molar-refractivity contribution < 1.29 is 4.74 Å². The molecule has 0 fully saturated rings. The lowest BCUT2D eigenvalue weighted by Gasteiger charge is -2.14. The van der Waals surface area contributed by atoms with Gasteiger partial charge in [-0.2, -0.15) is 0 Å². The summed E-state index contributed by atoms with van der Waals surface area (Å²) in [6, 6.07) is 14.6. The summed E-state index contributed by atoms with van der Waals surface area (Å²) >= 11 is 0. The summed E-state index contributed by atoms with van der Waals surface area (Å²) in [5.41, 5.74) is 5.15. The minimum absolute atomic E-state index is 0.542. The third kappa shape index (κ3) is 4.12. The number of aryl methyl sites for hydroxylation is 2. The number of hydrogen-bond donors (Lipinski definition) is 1. The first-order valence-corrected chi connectivity index (χ1v) is 7.39. The maximum Gasteiger partial charge on any atom is 0.119 e. The molecule has 0 aliphatic heterocycles. The molecule has 0 radical (unpaired) electrons. The van der Waals surface area contributed by atoms with Gasteiger partial charge in [0.25, 0.3) is 0 Å². The van der Waals surface area contributed by atoms with Gasteiger partial charge in [0.05, 0.1) is 0 Å². The molecule has 0 aromatic heterocycles. The lowest BCUT2D eigenvalue weighted by molar-refractivity contribution is 0.363. The fourth-order valence-electron chi connectivity index (χ4n) is 2.33. The number of hydrogen-bond acceptors (Lipinski definition) is 2. The molecule has 2 heteroatoms. The van der Waals surface area contributed by atoms with E-state index in [1.54, 1.807) is 6.08 Å². The number of ether oxygens (including phenoxy) is 1. The summed E-state index contributed by atoms with van der Waals surface area (Å²) < 4.78 is 5.49. The first-order valence-electron chi connectivity index (χ1n) is 7.39. The first kappa shape index (κ1) is 15.2. The zero-order chi connectivity index (χ0) is 15.1. The average molecular weight is 281 g/mol. The van der Waals surface area contributed by atoms with E-state index in [0.717, 1.165) is 18.7 Å². The van der Waals surface area contributed by atoms with Gasteiger partial charge in [-0.1, -0.05) is 49.9 Å². The SMILES string of the molecule is C=CCOc1ccc(CNc2c(C)cccc2CC)cc1. The number of nitrogens with one attached hydrogen (secondary N) is 1. The summed E-state index contributed by atoms with van der Waals surface area (Å²) in [5.74, 6) is 0.879. The molecule has 0 atom stereocenters. The van der Waals surface area contributed by atoms with Gasteiger partial charge in [0.15, 0.2) is 0 Å². The van der Waals surface area contributed by atoms with Gasteiger partial charge in [-0.05, 0) is 42.2 Å². The molecule has 0 unspecified atom stereocenters. The highest BCUT2D eigenvalue weighted by Gasteiger charge is 2.03. The summed E-state index contributed by atoms with van der Waals surface area (Å²) in [6.45, 7) is 9.34. The van der Waals surface area contributed by atoms with E-state index < -0.39 is 0 Å². The standard InChI is InChI=1S/C19H23NO/c1-4-13-21-18-11-9-16(10-12-18)14-20-19-15(3)7-6-8-17(19)5-2/h4,6-12,20H,1,5,13-14H2,2-3H3. The monoisotopic (exact) mass is 281 g/mol. The zero-order valence-electron chi connectivity index (χ0n) is 12.9. The highest BCUT2D eigenvalue weighted by Crippen LogP contribution is 2.22. The van der Waals surface area contributed by atoms with Crippen LogP contribution in [0.3, 0.4) is 0 Å². The van der Waals surface area contributed by atoms with Crippen molar-refractivity contribution in [3.8, 4) is 5.75 Å². The Bertz CT molecular complexity index is 587. The van der Waals surface area contributed by atoms with Gasteiger partial charge in [-0.3, -0.25) is 0 Å². The molecule has 2 aromatic carbocycles. The highest BCUT2D eigenvalue weighted by molar-refractivity contribution is 5.57. The maximum absolute atomic E-state index is 5.49. The zero-order valence-corrected chi connectivity index (χ0v) is 12.9. The molecule has 0 spiro atoms. The Labute approximate surface area is 127 Å². The van der Waals surface area contributed by atoms with Crippen molar-refractivity contribution in [2.24, 2.45) is 0 Å². The van der Waals surface area contributed by atoms with Crippen LogP contribution in [0, 0.1) is 6.92 Å². The van der Waals surface area contributed by atoms with E-state index in [1.807, 2.05) is 12.1 Å². The van der Waals surface area contributed by atoms with Crippen LogP contribution in [0.5, 0.6) is 5.75 Å². The first-order chi connectivity index (χ1) is 10.2. The van der Waals surface area contributed by atoms with Crippen molar-refractivity contribution in [2.45, 2.75) is 26.8 Å². The fourth-order valence-corrected chi connectivity index (χ4v) is 2.33. The summed E-state index contributed by atoms with van der Waals surface area (Å²) in [4.78, 5) is 0. The molecule has 2 nitrogen and oxygen atoms in total. The molecule has 0 heterocycles. The Hall–Kier alpha value is -2.22. The van der Waals surface area contributed by atoms with Crippen molar-refractivity contribution in [1.82, 2.24) is 0 Å². The van der Waals surface area contributed by atoms with Crippen LogP contribution in [0.25, 0.3) is 0 Å². The molecular weight excluding hydrogens is 258 g/mol. The van der Waals surface area contributed by atoms with Crippen LogP contribution in [0.2, 0.25) is 0 Å². The third-order valence-corrected chi connectivity index (χ3v) is 3.50. The van der Waals surface area contributed by atoms with Crippen molar-refractivity contribution >= 4 is 5.69 Å². The Morgan fingerprint density at radius 1 is 1.14 bits per heavy atom. The molecule has 0 aliphatic carbocycles. The lowest BCUT2D eigenvalue weighted by atomic mass is 10.1. The third-order valence-electron chi connectivity index (χ3n) is 3.50. The number of anilines is 1. The van der Waals surface area contributed by atoms with Crippen molar-refractivity contribution in [2.75, 3.05) is 11.9 Å². The van der Waals surface area contributed by atoms with E-state index in [9.17, 15) is 0 Å². The van der Waals surface area contributed by atoms with Crippen LogP contribution in [-0.2, 0) is 13.0 Å². The minimum Gasteiger partial charge on any atom is -0.490 e. The number of para-hydroxylation sites is 1. The van der Waals surface area contributed by atoms with Crippen LogP contribution in [-0.4, -0.2) is 6.61 Å². The van der Waals surface area contributed by atoms with Crippen LogP contribution in [0.4, 0.5) is 5.69 Å². The smallest absolute Gasteiger partial charge is 0.119 e. The topological polar surface area (TPSA) is 21.3 Å². The van der Waals surface area contributed by atoms with Crippen LogP contribution < -0.4 is 10.1 Å². The van der Waals surface area contributed by atoms with Crippen LogP contribution >= 0.6 is 0 Å². The Morgan fingerprint density at radius 3 is 2.57 bits per heavy atom. The van der Waals surface area contributed by atoms with E-state index in [2.05, 4.69) is 56.1 Å². The molecule has 2 aromatic rings. The van der Waals surface area contributed by atoms with Gasteiger partial charge in [0.1, 0.15) is 12.4 Å². The molecule has 0 amide bonds. The maximum atomic E-state index is 5.49. The lowest BCUT2D eigenvalue weighted by Crippen LogP contribution is -2.04. The van der Waals surface area contributed by atoms with Gasteiger partial charge < -0.3 is 10.1 Å². The normalized spacial score (nSPS) is 10.2. The molecule has 1 N–H and O–H groups in total. The second kappa shape index (κ2) is 7.53. The quantitative estimate of drug-likeness (QED) is 0.740. The highest BCUT2D eigenvalue weighted by atomic mass is 16.5. The van der Waals surface area contributed by atoms with Crippen LogP contribution in [0.15, 0.2) is 55.1 Å². The molecule has 21 heavy (non-hydrogen) atoms. The van der Waals surface area contributed by atoms with Crippen molar-refractivity contribution in [3.05, 3.63) is 71.8 Å². The van der Waals surface area contributed by atoms with Crippen molar-refractivity contribution in [1.29, 1.82) is 0 Å². The number of rotatable bonds is 7. The van der Waals surface area contributed by atoms with E-state index in [0.29, 0.717) is 6.61 Å². The minimum atomic E-state index is 0.542. The molecule has 110 valence electrons. The molecule has 0 aliphatic rings. The predicted octanol–water partition coefficient (Wildman–Crippen LogP) is 4.73. The van der Waals surface area contributed by atoms with E-state index >= 15 is 0 Å². The second-order valence-electron chi connectivity index (χ2n) is 5.06. The summed E-state index contributed by atoms with van der Waals surface area (Å²) in [6.07, 6.45) is 2.79. The van der Waals surface area contributed by atoms with E-state index in [-0.39, 0.29) is 0 Å². The summed E-state index contributed by atoms with van der Waals surface area (Å²) in [7, 11) is 0. The van der Waals surface area contributed by atoms with Gasteiger partial charge in [0.2, 0.25) is 0 Å². The predicted molar refractivity (Wildman–Crippen MR) is 90.0 cm³/mol. The van der Waals surface area contributed by atoms with Crippen LogP contribution in [0.1, 0.15) is 23.6 Å². The van der Waals surface area contributed by atoms with Crippen molar-refractivity contribution in [3.63, 3.8) is 0 Å².